The van der Waals surface area contributed by atoms with Crippen molar-refractivity contribution in [3.05, 3.63) is 28.1 Å². The fourth-order valence-corrected chi connectivity index (χ4v) is 4.78. The fraction of sp³-hybridized carbons (Fsp3) is 0.286. The van der Waals surface area contributed by atoms with Crippen molar-refractivity contribution < 1.29 is 31.5 Å². The highest BCUT2D eigenvalue weighted by Gasteiger charge is 2.44. The monoisotopic (exact) mass is 405 g/mol. The molecular weight excluding hydrogens is 396 g/mol. The number of nitrogens with zero attached hydrogens (tertiary/aromatic N) is 3. The molecule has 138 valence electrons. The van der Waals surface area contributed by atoms with Crippen LogP contribution in [0.3, 0.4) is 0 Å². The summed E-state index contributed by atoms with van der Waals surface area (Å²) >= 11 is 6.03. The molecule has 0 amide bonds. The zero-order valence-corrected chi connectivity index (χ0v) is 14.9. The van der Waals surface area contributed by atoms with Gasteiger partial charge in [-0.2, -0.15) is 0 Å². The number of benzene rings is 1. The number of ether oxygens (including phenoxy) is 2. The van der Waals surface area contributed by atoms with Crippen LogP contribution in [0.5, 0.6) is 11.5 Å². The van der Waals surface area contributed by atoms with Gasteiger partial charge in [0.1, 0.15) is 10.7 Å². The predicted molar refractivity (Wildman–Crippen MR) is 86.8 cm³/mol. The number of hydrogen-bond acceptors (Lipinski definition) is 7. The van der Waals surface area contributed by atoms with Crippen LogP contribution in [0.2, 0.25) is 5.28 Å². The summed E-state index contributed by atoms with van der Waals surface area (Å²) in [5, 5.41) is 3.36. The first-order chi connectivity index (χ1) is 12.1. The van der Waals surface area contributed by atoms with Crippen LogP contribution < -0.4 is 9.47 Å². The van der Waals surface area contributed by atoms with E-state index in [4.69, 9.17) is 16.4 Å². The van der Waals surface area contributed by atoms with E-state index >= 15 is 0 Å². The van der Waals surface area contributed by atoms with E-state index in [0.29, 0.717) is 5.71 Å². The summed E-state index contributed by atoms with van der Waals surface area (Å²) in [6.45, 7) is 3.06. The number of allylic oxidation sites excluding steroid dienone is 2. The highest BCUT2D eigenvalue weighted by Crippen LogP contribution is 2.44. The second kappa shape index (κ2) is 5.30. The molecule has 0 atom stereocenters. The molecule has 2 aromatic rings. The van der Waals surface area contributed by atoms with E-state index in [9.17, 15) is 17.2 Å². The molecule has 0 radical (unpaired) electrons. The van der Waals surface area contributed by atoms with E-state index in [-0.39, 0.29) is 44.9 Å². The number of rotatable bonds is 2. The van der Waals surface area contributed by atoms with Gasteiger partial charge in [-0.25, -0.2) is 17.4 Å². The highest BCUT2D eigenvalue weighted by atomic mass is 35.5. The zero-order valence-electron chi connectivity index (χ0n) is 13.3. The first kappa shape index (κ1) is 17.0. The van der Waals surface area contributed by atoms with Crippen molar-refractivity contribution >= 4 is 38.4 Å². The van der Waals surface area contributed by atoms with Crippen LogP contribution >= 0.6 is 11.6 Å². The first-order valence-corrected chi connectivity index (χ1v) is 9.04. The van der Waals surface area contributed by atoms with Crippen LogP contribution in [0.15, 0.2) is 28.0 Å². The average molecular weight is 406 g/mol. The molecule has 2 aliphatic heterocycles. The van der Waals surface area contributed by atoms with Crippen LogP contribution in [-0.4, -0.2) is 29.4 Å². The van der Waals surface area contributed by atoms with Crippen LogP contribution in [0.4, 0.5) is 8.78 Å². The largest absolute Gasteiger partial charge is 0.586 e. The molecule has 2 aliphatic rings. The second-order valence-electron chi connectivity index (χ2n) is 5.68. The molecule has 0 bridgehead atoms. The molecule has 3 heterocycles. The van der Waals surface area contributed by atoms with Crippen LogP contribution in [0.25, 0.3) is 11.0 Å². The van der Waals surface area contributed by atoms with E-state index in [1.54, 1.807) is 6.92 Å². The lowest BCUT2D eigenvalue weighted by atomic mass is 10.2. The molecule has 0 unspecified atom stereocenters. The van der Waals surface area contributed by atoms with Crippen LogP contribution in [-0.2, 0) is 14.9 Å². The SMILES string of the molecule is CC1=NOC(C)=C(S(=O)(=O)n2c(Cl)nc3cc4c(cc32)OC(F)(F)O4)C1. The van der Waals surface area contributed by atoms with E-state index in [1.165, 1.54) is 6.92 Å². The molecule has 12 heteroatoms. The minimum atomic E-state index is -4.19. The topological polar surface area (TPSA) is 92.0 Å². The Balaban J connectivity index is 1.91. The Bertz CT molecular complexity index is 1120. The smallest absolute Gasteiger partial charge is 0.395 e. The Hall–Kier alpha value is -2.40. The fourth-order valence-electron chi connectivity index (χ4n) is 2.67. The van der Waals surface area contributed by atoms with Gasteiger partial charge >= 0.3 is 6.29 Å². The molecule has 1 aromatic carbocycles. The summed E-state index contributed by atoms with van der Waals surface area (Å²) < 4.78 is 62.1. The van der Waals surface area contributed by atoms with Crippen LogP contribution in [0, 0.1) is 0 Å². The number of fused-ring (bicyclic) bond motifs is 2. The molecular formula is C14H10ClF2N3O5S. The van der Waals surface area contributed by atoms with Gasteiger partial charge < -0.3 is 14.3 Å². The lowest BCUT2D eigenvalue weighted by molar-refractivity contribution is -0.286. The number of imidazole rings is 1. The van der Waals surface area contributed by atoms with Gasteiger partial charge in [0.05, 0.1) is 16.7 Å². The molecule has 0 fully saturated rings. The minimum absolute atomic E-state index is 0.0206. The van der Waals surface area contributed by atoms with Crippen LogP contribution in [0.1, 0.15) is 20.3 Å². The molecule has 0 aliphatic carbocycles. The molecule has 0 saturated heterocycles. The summed E-state index contributed by atoms with van der Waals surface area (Å²) in [6, 6.07) is 2.22. The average Bonchev–Trinajstić information content (AvgIpc) is 3.00. The van der Waals surface area contributed by atoms with E-state index in [2.05, 4.69) is 19.6 Å². The highest BCUT2D eigenvalue weighted by molar-refractivity contribution is 7.94. The maximum absolute atomic E-state index is 13.2. The number of oxime groups is 1. The number of alkyl halides is 2. The Kier molecular flexibility index (Phi) is 3.47. The second-order valence-corrected chi connectivity index (χ2v) is 7.83. The maximum atomic E-state index is 13.2. The van der Waals surface area contributed by atoms with Gasteiger partial charge in [0, 0.05) is 18.6 Å². The number of aromatic nitrogens is 2. The Morgan fingerprint density at radius 3 is 2.58 bits per heavy atom. The predicted octanol–water partition coefficient (Wildman–Crippen LogP) is 3.22. The number of hydrogen-bond donors (Lipinski definition) is 0. The summed E-state index contributed by atoms with van der Waals surface area (Å²) in [7, 11) is -4.19. The number of halogens is 3. The summed E-state index contributed by atoms with van der Waals surface area (Å²) in [4.78, 5) is 8.87. The summed E-state index contributed by atoms with van der Waals surface area (Å²) in [6.07, 6.45) is -3.81. The third kappa shape index (κ3) is 2.50. The van der Waals surface area contributed by atoms with Gasteiger partial charge in [0.2, 0.25) is 5.28 Å². The van der Waals surface area contributed by atoms with Gasteiger partial charge in [0.15, 0.2) is 11.5 Å². The van der Waals surface area contributed by atoms with Crippen molar-refractivity contribution in [3.63, 3.8) is 0 Å². The van der Waals surface area contributed by atoms with Crippen molar-refractivity contribution in [2.75, 3.05) is 0 Å². The molecule has 0 saturated carbocycles. The van der Waals surface area contributed by atoms with Crippen molar-refractivity contribution in [1.29, 1.82) is 0 Å². The van der Waals surface area contributed by atoms with Gasteiger partial charge in [-0.1, -0.05) is 5.16 Å². The van der Waals surface area contributed by atoms with E-state index in [0.717, 1.165) is 16.1 Å². The standard InChI is InChI=1S/C14H10ClF2N3O5S/c1-6-3-12(7(2)25-19-6)26(21,22)20-9-5-11-10(23-14(16,17)24-11)4-8(9)18-13(20)15/h4-5H,3H2,1-2H3. The minimum Gasteiger partial charge on any atom is -0.395 e. The molecule has 4 rings (SSSR count). The third-order valence-electron chi connectivity index (χ3n) is 3.80. The lowest BCUT2D eigenvalue weighted by Gasteiger charge is -2.17. The molecule has 0 N–H and O–H groups in total. The van der Waals surface area contributed by atoms with Gasteiger partial charge in [-0.15, -0.1) is 8.78 Å². The molecule has 8 nitrogen and oxygen atoms in total. The normalized spacial score (nSPS) is 18.9. The van der Waals surface area contributed by atoms with Gasteiger partial charge in [-0.3, -0.25) is 0 Å². The Morgan fingerprint density at radius 2 is 1.88 bits per heavy atom. The lowest BCUT2D eigenvalue weighted by Crippen LogP contribution is -2.25. The molecule has 0 spiro atoms. The van der Waals surface area contributed by atoms with Crippen molar-refractivity contribution in [2.24, 2.45) is 5.16 Å². The molecule has 1 aromatic heterocycles. The quantitative estimate of drug-likeness (QED) is 0.761. The van der Waals surface area contributed by atoms with E-state index < -0.39 is 16.3 Å². The van der Waals surface area contributed by atoms with Gasteiger partial charge in [-0.05, 0) is 25.4 Å². The first-order valence-electron chi connectivity index (χ1n) is 7.22. The molecule has 26 heavy (non-hydrogen) atoms. The summed E-state index contributed by atoms with van der Waals surface area (Å²) in [5.41, 5.74) is 0.474. The Labute approximate surface area is 150 Å². The maximum Gasteiger partial charge on any atom is 0.586 e. The van der Waals surface area contributed by atoms with E-state index in [1.807, 2.05) is 0 Å². The zero-order chi connectivity index (χ0) is 18.9. The van der Waals surface area contributed by atoms with Gasteiger partial charge in [0.25, 0.3) is 10.0 Å². The summed E-state index contributed by atoms with van der Waals surface area (Å²) in [5.74, 6) is -0.500. The van der Waals surface area contributed by atoms with Crippen molar-refractivity contribution in [1.82, 2.24) is 8.96 Å². The van der Waals surface area contributed by atoms with Crippen molar-refractivity contribution in [2.45, 2.75) is 26.6 Å². The Morgan fingerprint density at radius 1 is 1.23 bits per heavy atom. The van der Waals surface area contributed by atoms with Crippen molar-refractivity contribution in [3.8, 4) is 11.5 Å². The third-order valence-corrected chi connectivity index (χ3v) is 6.06.